The van der Waals surface area contributed by atoms with E-state index in [1.54, 1.807) is 7.11 Å². The van der Waals surface area contributed by atoms with Crippen molar-refractivity contribution in [2.24, 2.45) is 5.92 Å². The van der Waals surface area contributed by atoms with Gasteiger partial charge in [0.1, 0.15) is 0 Å². The summed E-state index contributed by atoms with van der Waals surface area (Å²) >= 11 is 3.82. The largest absolute Gasteiger partial charge is 0.384 e. The van der Waals surface area contributed by atoms with Gasteiger partial charge < -0.3 is 4.74 Å². The Morgan fingerprint density at radius 1 is 1.31 bits per heavy atom. The van der Waals surface area contributed by atoms with Crippen LogP contribution in [0.2, 0.25) is 0 Å². The van der Waals surface area contributed by atoms with Crippen molar-refractivity contribution in [2.75, 3.05) is 13.7 Å². The molecule has 1 aromatic carbocycles. The van der Waals surface area contributed by atoms with Crippen LogP contribution < -0.4 is 0 Å². The summed E-state index contributed by atoms with van der Waals surface area (Å²) in [6, 6.07) is 8.95. The molecule has 0 aromatic heterocycles. The van der Waals surface area contributed by atoms with Gasteiger partial charge in [0.05, 0.1) is 6.61 Å². The average molecular weight is 283 g/mol. The lowest BCUT2D eigenvalue weighted by Crippen LogP contribution is -2.16. The van der Waals surface area contributed by atoms with Crippen LogP contribution >= 0.6 is 15.9 Å². The van der Waals surface area contributed by atoms with E-state index >= 15 is 0 Å². The first-order valence-corrected chi connectivity index (χ1v) is 6.94. The van der Waals surface area contributed by atoms with Crippen LogP contribution in [0.15, 0.2) is 24.3 Å². The van der Waals surface area contributed by atoms with E-state index in [1.807, 2.05) is 0 Å². The van der Waals surface area contributed by atoms with Gasteiger partial charge in [-0.1, -0.05) is 46.6 Å². The fourth-order valence-corrected chi connectivity index (χ4v) is 2.93. The molecule has 1 atom stereocenters. The zero-order valence-corrected chi connectivity index (χ0v) is 11.4. The molecule has 88 valence electrons. The third-order valence-electron chi connectivity index (χ3n) is 3.46. The highest BCUT2D eigenvalue weighted by atomic mass is 79.9. The molecule has 0 saturated heterocycles. The number of benzene rings is 1. The number of halogens is 1. The van der Waals surface area contributed by atoms with E-state index in [4.69, 9.17) is 4.74 Å². The Kier molecular flexibility index (Phi) is 4.42. The van der Waals surface area contributed by atoms with Crippen LogP contribution in [0.5, 0.6) is 0 Å². The lowest BCUT2D eigenvalue weighted by atomic mass is 9.81. The Labute approximate surface area is 106 Å². The molecule has 1 nitrogen and oxygen atoms in total. The van der Waals surface area contributed by atoms with Crippen LogP contribution in [0.3, 0.4) is 0 Å². The van der Waals surface area contributed by atoms with E-state index in [-0.39, 0.29) is 0 Å². The van der Waals surface area contributed by atoms with Crippen LogP contribution in [0, 0.1) is 5.92 Å². The van der Waals surface area contributed by atoms with Crippen molar-refractivity contribution < 1.29 is 4.74 Å². The summed E-state index contributed by atoms with van der Waals surface area (Å²) in [5, 5.41) is 0. The van der Waals surface area contributed by atoms with Gasteiger partial charge in [0, 0.05) is 11.9 Å². The predicted molar refractivity (Wildman–Crippen MR) is 71.0 cm³/mol. The van der Waals surface area contributed by atoms with Crippen LogP contribution in [-0.2, 0) is 11.2 Å². The first-order valence-electron chi connectivity index (χ1n) is 6.03. The highest BCUT2D eigenvalue weighted by Gasteiger charge is 2.26. The number of rotatable bonds is 5. The van der Waals surface area contributed by atoms with E-state index in [0.717, 1.165) is 18.9 Å². The minimum absolute atomic E-state index is 0.553. The summed E-state index contributed by atoms with van der Waals surface area (Å²) in [7, 11) is 1.75. The van der Waals surface area contributed by atoms with Gasteiger partial charge in [0.2, 0.25) is 0 Å². The fraction of sp³-hybridized carbons (Fsp3) is 0.571. The molecule has 0 bridgehead atoms. The van der Waals surface area contributed by atoms with Crippen molar-refractivity contribution in [3.05, 3.63) is 35.4 Å². The molecule has 16 heavy (non-hydrogen) atoms. The molecule has 2 heteroatoms. The van der Waals surface area contributed by atoms with Crippen molar-refractivity contribution in [2.45, 2.75) is 30.5 Å². The maximum atomic E-state index is 5.08. The SMILES string of the molecule is COCCc1ccc(C(Br)C2CCC2)cc1. The quantitative estimate of drug-likeness (QED) is 0.739. The molecule has 0 radical (unpaired) electrons. The molecule has 1 saturated carbocycles. The van der Waals surface area contributed by atoms with Crippen LogP contribution in [0.1, 0.15) is 35.2 Å². The predicted octanol–water partition coefficient (Wildman–Crippen LogP) is 4.11. The van der Waals surface area contributed by atoms with Crippen molar-refractivity contribution >= 4 is 15.9 Å². The third-order valence-corrected chi connectivity index (χ3v) is 4.73. The molecule has 0 amide bonds. The summed E-state index contributed by atoms with van der Waals surface area (Å²) in [6.45, 7) is 0.805. The Bertz CT molecular complexity index is 316. The average Bonchev–Trinajstić information content (AvgIpc) is 2.24. The molecule has 1 fully saturated rings. The molecular weight excluding hydrogens is 264 g/mol. The lowest BCUT2D eigenvalue weighted by Gasteiger charge is -2.30. The normalized spacial score (nSPS) is 18.1. The minimum Gasteiger partial charge on any atom is -0.384 e. The molecule has 0 spiro atoms. The molecule has 1 aliphatic carbocycles. The number of methoxy groups -OCH3 is 1. The fourth-order valence-electron chi connectivity index (χ4n) is 2.09. The molecule has 1 unspecified atom stereocenters. The van der Waals surface area contributed by atoms with E-state index in [1.165, 1.54) is 30.4 Å². The Balaban J connectivity index is 1.95. The second-order valence-electron chi connectivity index (χ2n) is 4.58. The molecule has 1 aliphatic rings. The van der Waals surface area contributed by atoms with Gasteiger partial charge in [-0.25, -0.2) is 0 Å². The van der Waals surface area contributed by atoms with Crippen molar-refractivity contribution in [1.82, 2.24) is 0 Å². The van der Waals surface area contributed by atoms with Gasteiger partial charge in [0.15, 0.2) is 0 Å². The summed E-state index contributed by atoms with van der Waals surface area (Å²) in [6.07, 6.45) is 5.16. The highest BCUT2D eigenvalue weighted by molar-refractivity contribution is 9.09. The standard InChI is InChI=1S/C14H19BrO/c1-16-10-9-11-5-7-13(8-6-11)14(15)12-3-2-4-12/h5-8,12,14H,2-4,9-10H2,1H3. The van der Waals surface area contributed by atoms with Gasteiger partial charge >= 0.3 is 0 Å². The highest BCUT2D eigenvalue weighted by Crippen LogP contribution is 2.42. The minimum atomic E-state index is 0.553. The second-order valence-corrected chi connectivity index (χ2v) is 5.56. The maximum absolute atomic E-state index is 5.08. The Morgan fingerprint density at radius 2 is 2.00 bits per heavy atom. The molecular formula is C14H19BrO. The lowest BCUT2D eigenvalue weighted by molar-refractivity contribution is 0.202. The number of hydrogen-bond donors (Lipinski definition) is 0. The molecule has 1 aromatic rings. The number of hydrogen-bond acceptors (Lipinski definition) is 1. The monoisotopic (exact) mass is 282 g/mol. The van der Waals surface area contributed by atoms with Crippen molar-refractivity contribution in [3.63, 3.8) is 0 Å². The Hall–Kier alpha value is -0.340. The zero-order chi connectivity index (χ0) is 11.4. The van der Waals surface area contributed by atoms with E-state index < -0.39 is 0 Å². The molecule has 0 aliphatic heterocycles. The molecule has 0 heterocycles. The number of alkyl halides is 1. The third kappa shape index (κ3) is 2.86. The van der Waals surface area contributed by atoms with Crippen LogP contribution in [0.4, 0.5) is 0 Å². The van der Waals surface area contributed by atoms with Gasteiger partial charge in [-0.3, -0.25) is 0 Å². The molecule has 2 rings (SSSR count). The summed E-state index contributed by atoms with van der Waals surface area (Å²) in [5.41, 5.74) is 2.78. The number of ether oxygens (including phenoxy) is 1. The van der Waals surface area contributed by atoms with Crippen molar-refractivity contribution in [3.8, 4) is 0 Å². The van der Waals surface area contributed by atoms with Crippen LogP contribution in [-0.4, -0.2) is 13.7 Å². The smallest absolute Gasteiger partial charge is 0.0502 e. The van der Waals surface area contributed by atoms with Gasteiger partial charge in [0.25, 0.3) is 0 Å². The Morgan fingerprint density at radius 3 is 2.50 bits per heavy atom. The molecule has 0 N–H and O–H groups in total. The second kappa shape index (κ2) is 5.83. The summed E-state index contributed by atoms with van der Waals surface area (Å²) in [4.78, 5) is 0.553. The summed E-state index contributed by atoms with van der Waals surface area (Å²) in [5.74, 6) is 0.852. The maximum Gasteiger partial charge on any atom is 0.0502 e. The summed E-state index contributed by atoms with van der Waals surface area (Å²) < 4.78 is 5.08. The van der Waals surface area contributed by atoms with E-state index in [9.17, 15) is 0 Å². The topological polar surface area (TPSA) is 9.23 Å². The zero-order valence-electron chi connectivity index (χ0n) is 9.79. The van der Waals surface area contributed by atoms with Gasteiger partial charge in [-0.2, -0.15) is 0 Å². The van der Waals surface area contributed by atoms with Crippen molar-refractivity contribution in [1.29, 1.82) is 0 Å². The van der Waals surface area contributed by atoms with E-state index in [2.05, 4.69) is 40.2 Å². The van der Waals surface area contributed by atoms with Gasteiger partial charge in [-0.05, 0) is 36.3 Å². The van der Waals surface area contributed by atoms with Gasteiger partial charge in [-0.15, -0.1) is 0 Å². The first kappa shape index (κ1) is 12.1. The van der Waals surface area contributed by atoms with E-state index in [0.29, 0.717) is 4.83 Å². The van der Waals surface area contributed by atoms with Crippen LogP contribution in [0.25, 0.3) is 0 Å². The first-order chi connectivity index (χ1) is 7.81.